The number of hydrogen-bond donors (Lipinski definition) is 1. The highest BCUT2D eigenvalue weighted by atomic mass is 16.5. The highest BCUT2D eigenvalue weighted by Crippen LogP contribution is 2.23. The Morgan fingerprint density at radius 3 is 2.06 bits per heavy atom. The minimum Gasteiger partial charge on any atom is -0.494 e. The van der Waals surface area contributed by atoms with Crippen molar-refractivity contribution in [2.24, 2.45) is 0 Å². The standard InChI is InChI=1S/C26H21NO5/c27-17-1-2-18-31-23-14-10-21(11-15-23)20-6-8-22(9-7-20)26(30)32-24-12-3-19(4-13-24)5-16-25(28)29/h3-16H,1-2,18H2,(H,28,29)/b16-5+. The number of carbonyl (C=O) groups is 2. The zero-order chi connectivity index (χ0) is 22.8. The first kappa shape index (κ1) is 22.3. The predicted molar refractivity (Wildman–Crippen MR) is 120 cm³/mol. The number of nitrogens with zero attached hydrogens (tertiary/aromatic N) is 1. The summed E-state index contributed by atoms with van der Waals surface area (Å²) in [5.74, 6) is -0.389. The van der Waals surface area contributed by atoms with Crippen LogP contribution in [0.5, 0.6) is 11.5 Å². The van der Waals surface area contributed by atoms with E-state index >= 15 is 0 Å². The van der Waals surface area contributed by atoms with E-state index in [0.717, 1.165) is 23.0 Å². The largest absolute Gasteiger partial charge is 0.494 e. The van der Waals surface area contributed by atoms with Gasteiger partial charge >= 0.3 is 11.9 Å². The number of rotatable bonds is 9. The number of carbonyl (C=O) groups excluding carboxylic acids is 1. The fraction of sp³-hybridized carbons (Fsp3) is 0.115. The fourth-order valence-corrected chi connectivity index (χ4v) is 2.86. The van der Waals surface area contributed by atoms with Crippen LogP contribution >= 0.6 is 0 Å². The molecule has 0 aliphatic rings. The van der Waals surface area contributed by atoms with Crippen molar-refractivity contribution >= 4 is 18.0 Å². The van der Waals surface area contributed by atoms with Crippen molar-refractivity contribution in [2.75, 3.05) is 6.61 Å². The lowest BCUT2D eigenvalue weighted by Crippen LogP contribution is -2.08. The van der Waals surface area contributed by atoms with Gasteiger partial charge in [-0.25, -0.2) is 9.59 Å². The van der Waals surface area contributed by atoms with Crippen LogP contribution in [0.4, 0.5) is 0 Å². The van der Waals surface area contributed by atoms with E-state index in [1.807, 2.05) is 36.4 Å². The summed E-state index contributed by atoms with van der Waals surface area (Å²) in [5.41, 5.74) is 3.04. The second kappa shape index (κ2) is 11.1. The minimum absolute atomic E-state index is 0.372. The smallest absolute Gasteiger partial charge is 0.343 e. The molecule has 0 saturated heterocycles. The average molecular weight is 427 g/mol. The second-order valence-electron chi connectivity index (χ2n) is 6.84. The van der Waals surface area contributed by atoms with Gasteiger partial charge in [-0.05, 0) is 65.6 Å². The maximum atomic E-state index is 12.4. The molecule has 0 fully saturated rings. The molecular formula is C26H21NO5. The van der Waals surface area contributed by atoms with E-state index in [0.29, 0.717) is 36.3 Å². The van der Waals surface area contributed by atoms with Crippen molar-refractivity contribution in [1.82, 2.24) is 0 Å². The van der Waals surface area contributed by atoms with Crippen molar-refractivity contribution in [1.29, 1.82) is 5.26 Å². The third kappa shape index (κ3) is 6.57. The zero-order valence-electron chi connectivity index (χ0n) is 17.2. The van der Waals surface area contributed by atoms with E-state index in [1.165, 1.54) is 6.08 Å². The third-order valence-corrected chi connectivity index (χ3v) is 4.52. The summed E-state index contributed by atoms with van der Waals surface area (Å²) in [5, 5.41) is 17.2. The molecule has 0 amide bonds. The Bertz CT molecular complexity index is 1120. The first-order valence-electron chi connectivity index (χ1n) is 9.98. The lowest BCUT2D eigenvalue weighted by Gasteiger charge is -2.08. The molecule has 0 radical (unpaired) electrons. The molecule has 3 aromatic rings. The molecule has 3 rings (SSSR count). The highest BCUT2D eigenvalue weighted by molar-refractivity contribution is 5.91. The summed E-state index contributed by atoms with van der Waals surface area (Å²) in [6, 6.07) is 23.4. The zero-order valence-corrected chi connectivity index (χ0v) is 17.2. The minimum atomic E-state index is -1.03. The third-order valence-electron chi connectivity index (χ3n) is 4.52. The van der Waals surface area contributed by atoms with Crippen LogP contribution in [0.2, 0.25) is 0 Å². The molecule has 6 nitrogen and oxygen atoms in total. The van der Waals surface area contributed by atoms with E-state index in [2.05, 4.69) is 6.07 Å². The van der Waals surface area contributed by atoms with Gasteiger partial charge in [0.1, 0.15) is 11.5 Å². The molecule has 6 heteroatoms. The summed E-state index contributed by atoms with van der Waals surface area (Å²) < 4.78 is 11.0. The lowest BCUT2D eigenvalue weighted by atomic mass is 10.0. The van der Waals surface area contributed by atoms with Gasteiger partial charge in [0.15, 0.2) is 0 Å². The van der Waals surface area contributed by atoms with Crippen molar-refractivity contribution in [2.45, 2.75) is 12.8 Å². The molecule has 1 N–H and O–H groups in total. The van der Waals surface area contributed by atoms with E-state index in [1.54, 1.807) is 36.4 Å². The Kier molecular flexibility index (Phi) is 7.77. The van der Waals surface area contributed by atoms with E-state index in [-0.39, 0.29) is 0 Å². The summed E-state index contributed by atoms with van der Waals surface area (Å²) >= 11 is 0. The maximum Gasteiger partial charge on any atom is 0.343 e. The molecule has 0 heterocycles. The monoisotopic (exact) mass is 427 g/mol. The van der Waals surface area contributed by atoms with Crippen LogP contribution < -0.4 is 9.47 Å². The number of aliphatic carboxylic acids is 1. The van der Waals surface area contributed by atoms with Crippen LogP contribution in [0, 0.1) is 11.3 Å². The van der Waals surface area contributed by atoms with Crippen molar-refractivity contribution < 1.29 is 24.2 Å². The van der Waals surface area contributed by atoms with Crippen LogP contribution in [0.1, 0.15) is 28.8 Å². The second-order valence-corrected chi connectivity index (χ2v) is 6.84. The lowest BCUT2D eigenvalue weighted by molar-refractivity contribution is -0.131. The number of carboxylic acids is 1. The summed E-state index contributed by atoms with van der Waals surface area (Å²) in [7, 11) is 0. The van der Waals surface area contributed by atoms with Gasteiger partial charge < -0.3 is 14.6 Å². The van der Waals surface area contributed by atoms with Crippen LogP contribution in [-0.2, 0) is 4.79 Å². The first-order chi connectivity index (χ1) is 15.5. The normalized spacial score (nSPS) is 10.5. The van der Waals surface area contributed by atoms with Gasteiger partial charge in [0.05, 0.1) is 18.2 Å². The summed E-state index contributed by atoms with van der Waals surface area (Å²) in [4.78, 5) is 23.0. The molecule has 0 saturated carbocycles. The first-order valence-corrected chi connectivity index (χ1v) is 9.98. The summed E-state index contributed by atoms with van der Waals surface area (Å²) in [6.45, 7) is 0.505. The molecule has 0 aliphatic heterocycles. The highest BCUT2D eigenvalue weighted by Gasteiger charge is 2.09. The topological polar surface area (TPSA) is 96.6 Å². The van der Waals surface area contributed by atoms with Crippen LogP contribution in [0.3, 0.4) is 0 Å². The number of benzene rings is 3. The number of ether oxygens (including phenoxy) is 2. The number of esters is 1. The maximum absolute atomic E-state index is 12.4. The number of carboxylic acid groups (broad SMARTS) is 1. The molecule has 160 valence electrons. The molecule has 0 atom stereocenters. The average Bonchev–Trinajstić information content (AvgIpc) is 2.82. The quantitative estimate of drug-likeness (QED) is 0.214. The Morgan fingerprint density at radius 1 is 0.875 bits per heavy atom. The van der Waals surface area contributed by atoms with Gasteiger partial charge in [0.25, 0.3) is 0 Å². The van der Waals surface area contributed by atoms with Gasteiger partial charge in [-0.2, -0.15) is 5.26 Å². The molecule has 0 spiro atoms. The fourth-order valence-electron chi connectivity index (χ4n) is 2.86. The van der Waals surface area contributed by atoms with Crippen molar-refractivity contribution in [3.8, 4) is 28.7 Å². The number of hydrogen-bond acceptors (Lipinski definition) is 5. The molecule has 0 unspecified atom stereocenters. The Balaban J connectivity index is 1.58. The van der Waals surface area contributed by atoms with Crippen molar-refractivity contribution in [3.05, 3.63) is 90.0 Å². The Labute approximate surface area is 186 Å². The van der Waals surface area contributed by atoms with Gasteiger partial charge in [0, 0.05) is 12.5 Å². The molecule has 0 aliphatic carbocycles. The van der Waals surface area contributed by atoms with E-state index < -0.39 is 11.9 Å². The molecule has 32 heavy (non-hydrogen) atoms. The Morgan fingerprint density at radius 2 is 1.47 bits per heavy atom. The van der Waals surface area contributed by atoms with Crippen LogP contribution in [-0.4, -0.2) is 23.7 Å². The molecule has 3 aromatic carbocycles. The van der Waals surface area contributed by atoms with Gasteiger partial charge in [0.2, 0.25) is 0 Å². The predicted octanol–water partition coefficient (Wildman–Crippen LogP) is 5.35. The molecular weight excluding hydrogens is 406 g/mol. The number of unbranched alkanes of at least 4 members (excludes halogenated alkanes) is 1. The SMILES string of the molecule is N#CCCCOc1ccc(-c2ccc(C(=O)Oc3ccc(/C=C/C(=O)O)cc3)cc2)cc1. The van der Waals surface area contributed by atoms with E-state index in [9.17, 15) is 9.59 Å². The number of nitriles is 1. The molecule has 0 aromatic heterocycles. The van der Waals surface area contributed by atoms with Gasteiger partial charge in [-0.1, -0.05) is 36.4 Å². The van der Waals surface area contributed by atoms with Crippen LogP contribution in [0.25, 0.3) is 17.2 Å². The van der Waals surface area contributed by atoms with Crippen molar-refractivity contribution in [3.63, 3.8) is 0 Å². The molecule has 0 bridgehead atoms. The van der Waals surface area contributed by atoms with Crippen LogP contribution in [0.15, 0.2) is 78.9 Å². The van der Waals surface area contributed by atoms with Gasteiger partial charge in [-0.3, -0.25) is 0 Å². The van der Waals surface area contributed by atoms with E-state index in [4.69, 9.17) is 19.8 Å². The van der Waals surface area contributed by atoms with Gasteiger partial charge in [-0.15, -0.1) is 0 Å². The summed E-state index contributed by atoms with van der Waals surface area (Å²) in [6.07, 6.45) is 3.67. The Hall–Kier alpha value is -4.37.